The Morgan fingerprint density at radius 1 is 1.12 bits per heavy atom. The molecule has 25 heavy (non-hydrogen) atoms. The fourth-order valence-corrected chi connectivity index (χ4v) is 3.41. The Labute approximate surface area is 151 Å². The van der Waals surface area contributed by atoms with Gasteiger partial charge in [-0.05, 0) is 61.4 Å². The third-order valence-electron chi connectivity index (χ3n) is 4.59. The highest BCUT2D eigenvalue weighted by molar-refractivity contribution is 7.80. The fraction of sp³-hybridized carbons (Fsp3) is 0.300. The van der Waals surface area contributed by atoms with Crippen LogP contribution in [0.3, 0.4) is 0 Å². The van der Waals surface area contributed by atoms with E-state index in [4.69, 9.17) is 10.00 Å². The summed E-state index contributed by atoms with van der Waals surface area (Å²) in [5.41, 5.74) is 1.55. The van der Waals surface area contributed by atoms with Gasteiger partial charge >= 0.3 is 5.97 Å². The maximum absolute atomic E-state index is 13.6. The average molecular weight is 355 g/mol. The molecule has 1 fully saturated rings. The number of carbonyl (C=O) groups is 1. The van der Waals surface area contributed by atoms with E-state index < -0.39 is 11.8 Å². The molecule has 0 unspecified atom stereocenters. The number of halogens is 1. The number of thiol groups is 1. The molecule has 3 nitrogen and oxygen atoms in total. The van der Waals surface area contributed by atoms with Crippen LogP contribution in [-0.2, 0) is 0 Å². The van der Waals surface area contributed by atoms with Gasteiger partial charge in [-0.1, -0.05) is 12.1 Å². The summed E-state index contributed by atoms with van der Waals surface area (Å²) < 4.78 is 18.8. The van der Waals surface area contributed by atoms with E-state index in [0.29, 0.717) is 16.7 Å². The van der Waals surface area contributed by atoms with Crippen LogP contribution in [0.2, 0.25) is 0 Å². The van der Waals surface area contributed by atoms with Crippen molar-refractivity contribution in [3.05, 3.63) is 65.0 Å². The monoisotopic (exact) mass is 355 g/mol. The molecule has 1 aliphatic carbocycles. The Kier molecular flexibility index (Phi) is 5.40. The standard InChI is InChI=1S/C20H18FNO2S/c21-19-11-17(8-5-16(19)12-22)24-20(23)15-3-1-13(2-4-15)14-6-9-18(25)10-7-14/h1-5,8,11,14,18,25H,6-7,9-10H2. The second-order valence-corrected chi connectivity index (χ2v) is 7.00. The molecular formula is C20H18FNO2S. The molecule has 0 bridgehead atoms. The summed E-state index contributed by atoms with van der Waals surface area (Å²) in [6.45, 7) is 0. The average Bonchev–Trinajstić information content (AvgIpc) is 2.63. The van der Waals surface area contributed by atoms with Gasteiger partial charge in [-0.3, -0.25) is 0 Å². The Bertz CT molecular complexity index is 805. The summed E-state index contributed by atoms with van der Waals surface area (Å²) in [5, 5.41) is 9.21. The fourth-order valence-electron chi connectivity index (χ4n) is 3.12. The lowest BCUT2D eigenvalue weighted by Gasteiger charge is -2.26. The summed E-state index contributed by atoms with van der Waals surface area (Å²) in [6.07, 6.45) is 4.45. The van der Waals surface area contributed by atoms with Crippen LogP contribution in [0.15, 0.2) is 42.5 Å². The molecule has 128 valence electrons. The molecule has 0 aliphatic heterocycles. The molecule has 3 rings (SSSR count). The minimum Gasteiger partial charge on any atom is -0.423 e. The smallest absolute Gasteiger partial charge is 0.343 e. The van der Waals surface area contributed by atoms with Gasteiger partial charge in [0.05, 0.1) is 11.1 Å². The molecule has 0 spiro atoms. The molecule has 0 radical (unpaired) electrons. The van der Waals surface area contributed by atoms with Crippen LogP contribution >= 0.6 is 12.6 Å². The van der Waals surface area contributed by atoms with E-state index in [0.717, 1.165) is 31.7 Å². The molecule has 1 saturated carbocycles. The molecule has 2 aromatic carbocycles. The lowest BCUT2D eigenvalue weighted by Crippen LogP contribution is -2.13. The molecule has 0 amide bonds. The van der Waals surface area contributed by atoms with E-state index in [1.807, 2.05) is 12.1 Å². The molecule has 5 heteroatoms. The largest absolute Gasteiger partial charge is 0.423 e. The minimum atomic E-state index is -0.706. The first-order chi connectivity index (χ1) is 12.1. The number of carbonyl (C=O) groups excluding carboxylic acids is 1. The van der Waals surface area contributed by atoms with Gasteiger partial charge in [-0.2, -0.15) is 17.9 Å². The van der Waals surface area contributed by atoms with E-state index in [9.17, 15) is 9.18 Å². The van der Waals surface area contributed by atoms with E-state index >= 15 is 0 Å². The molecule has 0 aromatic heterocycles. The van der Waals surface area contributed by atoms with Crippen LogP contribution in [0.4, 0.5) is 4.39 Å². The van der Waals surface area contributed by atoms with Crippen molar-refractivity contribution < 1.29 is 13.9 Å². The predicted molar refractivity (Wildman–Crippen MR) is 96.5 cm³/mol. The first-order valence-corrected chi connectivity index (χ1v) is 8.78. The van der Waals surface area contributed by atoms with E-state index in [1.165, 1.54) is 17.7 Å². The van der Waals surface area contributed by atoms with E-state index in [2.05, 4.69) is 12.6 Å². The lowest BCUT2D eigenvalue weighted by molar-refractivity contribution is 0.0734. The summed E-state index contributed by atoms with van der Waals surface area (Å²) in [6, 6.07) is 12.9. The van der Waals surface area contributed by atoms with Crippen molar-refractivity contribution in [3.8, 4) is 11.8 Å². The number of hydrogen-bond donors (Lipinski definition) is 1. The lowest BCUT2D eigenvalue weighted by atomic mass is 9.83. The Morgan fingerprint density at radius 3 is 2.40 bits per heavy atom. The molecule has 0 saturated heterocycles. The third kappa shape index (κ3) is 4.21. The van der Waals surface area contributed by atoms with Crippen molar-refractivity contribution in [3.63, 3.8) is 0 Å². The molecule has 1 aliphatic rings. The second kappa shape index (κ2) is 7.71. The topological polar surface area (TPSA) is 50.1 Å². The Morgan fingerprint density at radius 2 is 1.80 bits per heavy atom. The van der Waals surface area contributed by atoms with E-state index in [-0.39, 0.29) is 11.3 Å². The third-order valence-corrected chi connectivity index (χ3v) is 5.10. The van der Waals surface area contributed by atoms with Gasteiger partial charge in [0.25, 0.3) is 0 Å². The molecular weight excluding hydrogens is 337 g/mol. The van der Waals surface area contributed by atoms with Crippen molar-refractivity contribution in [2.24, 2.45) is 0 Å². The van der Waals surface area contributed by atoms with Gasteiger partial charge in [-0.25, -0.2) is 9.18 Å². The van der Waals surface area contributed by atoms with Gasteiger partial charge in [0.15, 0.2) is 0 Å². The summed E-state index contributed by atoms with van der Waals surface area (Å²) in [4.78, 5) is 12.2. The summed E-state index contributed by atoms with van der Waals surface area (Å²) in [7, 11) is 0. The van der Waals surface area contributed by atoms with Crippen LogP contribution in [0.1, 0.15) is 53.1 Å². The van der Waals surface area contributed by atoms with Gasteiger partial charge in [0, 0.05) is 11.3 Å². The van der Waals surface area contributed by atoms with Crippen LogP contribution in [-0.4, -0.2) is 11.2 Å². The summed E-state index contributed by atoms with van der Waals surface area (Å²) in [5.74, 6) is -0.656. The van der Waals surface area contributed by atoms with Crippen LogP contribution in [0.25, 0.3) is 0 Å². The summed E-state index contributed by atoms with van der Waals surface area (Å²) >= 11 is 4.52. The highest BCUT2D eigenvalue weighted by Crippen LogP contribution is 2.34. The zero-order chi connectivity index (χ0) is 17.8. The van der Waals surface area contributed by atoms with Crippen molar-refractivity contribution >= 4 is 18.6 Å². The molecule has 0 N–H and O–H groups in total. The van der Waals surface area contributed by atoms with Crippen molar-refractivity contribution in [1.82, 2.24) is 0 Å². The van der Waals surface area contributed by atoms with E-state index in [1.54, 1.807) is 18.2 Å². The van der Waals surface area contributed by atoms with Gasteiger partial charge in [0.1, 0.15) is 17.6 Å². The second-order valence-electron chi connectivity index (χ2n) is 6.27. The number of nitriles is 1. The first kappa shape index (κ1) is 17.5. The Hall–Kier alpha value is -2.32. The number of ether oxygens (including phenoxy) is 1. The van der Waals surface area contributed by atoms with Crippen molar-refractivity contribution in [2.75, 3.05) is 0 Å². The zero-order valence-electron chi connectivity index (χ0n) is 13.6. The van der Waals surface area contributed by atoms with Crippen molar-refractivity contribution in [2.45, 2.75) is 36.9 Å². The van der Waals surface area contributed by atoms with Crippen LogP contribution in [0, 0.1) is 17.1 Å². The molecule has 2 aromatic rings. The van der Waals surface area contributed by atoms with Gasteiger partial charge < -0.3 is 4.74 Å². The normalized spacial score (nSPS) is 19.9. The Balaban J connectivity index is 1.66. The van der Waals surface area contributed by atoms with Gasteiger partial charge in [0.2, 0.25) is 0 Å². The SMILES string of the molecule is N#Cc1ccc(OC(=O)c2ccc(C3CCC(S)CC3)cc2)cc1F. The number of rotatable bonds is 3. The number of benzene rings is 2. The maximum Gasteiger partial charge on any atom is 0.343 e. The minimum absolute atomic E-state index is 0.0812. The van der Waals surface area contributed by atoms with Crippen LogP contribution in [0.5, 0.6) is 5.75 Å². The number of esters is 1. The van der Waals surface area contributed by atoms with Crippen molar-refractivity contribution in [1.29, 1.82) is 5.26 Å². The highest BCUT2D eigenvalue weighted by atomic mass is 32.1. The van der Waals surface area contributed by atoms with Gasteiger partial charge in [-0.15, -0.1) is 0 Å². The first-order valence-electron chi connectivity index (χ1n) is 8.26. The molecule has 0 heterocycles. The number of hydrogen-bond acceptors (Lipinski definition) is 4. The highest BCUT2D eigenvalue weighted by Gasteiger charge is 2.20. The predicted octanol–water partition coefficient (Wildman–Crippen LogP) is 4.87. The zero-order valence-corrected chi connectivity index (χ0v) is 14.5. The maximum atomic E-state index is 13.6. The number of nitrogens with zero attached hydrogens (tertiary/aromatic N) is 1. The quantitative estimate of drug-likeness (QED) is 0.485. The van der Waals surface area contributed by atoms with Crippen LogP contribution < -0.4 is 4.74 Å². The molecule has 0 atom stereocenters.